The topological polar surface area (TPSA) is 315 Å². The number of rotatable bonds is 30. The number of nitrogens with one attached hydrogen (secondary N) is 5. The molecule has 10 N–H and O–H groups in total. The van der Waals surface area contributed by atoms with E-state index < -0.39 is 35.7 Å². The molecular formula is C108H95Cl5FN5O14S6. The number of carbonyl (C=O) groups excluding carboxylic acids is 4. The van der Waals surface area contributed by atoms with Crippen LogP contribution in [-0.2, 0) is 44.9 Å². The van der Waals surface area contributed by atoms with E-state index in [2.05, 4.69) is 51.7 Å². The molecule has 31 heteroatoms. The standard InChI is InChI=1S/C24H24ClNO3S.C22H20ClNO3S.C21H18ClNO3S.C21H18ClNO2S2.C20H15ClFNO3S/c1-24(2,3)19(13-15-7-5-4-6-8-15)21(27)26-22-20(23(28)29)18(14-30-22)16-9-11-17(25)12-10-16;1-13(15-6-4-3-5-7-15)14(2)20(25)24-21-19(22(26)27)18(12-28-21)16-8-10-17(23)11-9-16;1-13(11-14-5-3-2-4-6-14)19(24)23-20-18(21(25)26)17(12-27-20)15-7-9-16(22)10-8-15;1-13-3-2-4-14(11-13)5-10-18(26)23-20-19(21(24)25)17(12-27-20)15-6-8-16(22)9-7-15;21-13-7-8-14(16(22)10-13)15-11-27-19(18(15)20(25)26)23-17(24)9-6-12-4-2-1-3-5-12/h4-12,14,19H,13H2,1-3H3,(H,26,27)(H,28,29);3-14H,1-2H3,(H,24,25)(H,26,27);2-10,12-13H,11H2,1H3,(H,23,24)(H,25,26);2-4,6-9,11-12H,5,10H2,1H3,(H,23,26)(H,24,25);1-5,7-8,10-11H,6,9H2,(H,23,24)(H,25,26). The summed E-state index contributed by atoms with van der Waals surface area (Å²) in [7, 11) is 0. The largest absolute Gasteiger partial charge is 0.478 e. The third-order valence-electron chi connectivity index (χ3n) is 22.3. The van der Waals surface area contributed by atoms with Gasteiger partial charge in [-0.05, 0) is 161 Å². The highest BCUT2D eigenvalue weighted by Crippen LogP contribution is 2.44. The number of benzene rings is 10. The molecule has 5 aromatic heterocycles. The molecule has 0 radical (unpaired) electrons. The maximum Gasteiger partial charge on any atom is 0.339 e. The maximum absolute atomic E-state index is 14.2. The molecular weight excluding hydrogens is 1980 g/mol. The molecule has 5 heterocycles. The fraction of sp³-hybridized carbons (Fsp3) is 0.167. The monoisotopic (exact) mass is 2070 g/mol. The lowest BCUT2D eigenvalue weighted by Crippen LogP contribution is -2.35. The highest BCUT2D eigenvalue weighted by Gasteiger charge is 2.35. The number of thiocarbonyl (C=S) groups is 1. The number of aryl methyl sites for hydroxylation is 3. The predicted molar refractivity (Wildman–Crippen MR) is 570 cm³/mol. The number of hydrogen-bond donors (Lipinski definition) is 10. The van der Waals surface area contributed by atoms with Crippen LogP contribution in [0, 0.1) is 35.9 Å². The first-order valence-corrected chi connectivity index (χ1v) is 50.1. The number of anilines is 5. The van der Waals surface area contributed by atoms with Gasteiger partial charge >= 0.3 is 29.8 Å². The van der Waals surface area contributed by atoms with Gasteiger partial charge in [-0.3, -0.25) is 19.2 Å². The molecule has 4 amide bonds. The fourth-order valence-corrected chi connectivity index (χ4v) is 20.4. The van der Waals surface area contributed by atoms with Crippen LogP contribution < -0.4 is 26.6 Å². The Morgan fingerprint density at radius 1 is 0.353 bits per heavy atom. The molecule has 15 aromatic rings. The van der Waals surface area contributed by atoms with E-state index in [1.54, 1.807) is 101 Å². The lowest BCUT2D eigenvalue weighted by Gasteiger charge is -2.29. The second kappa shape index (κ2) is 50.7. The van der Waals surface area contributed by atoms with E-state index in [1.165, 1.54) is 74.0 Å². The van der Waals surface area contributed by atoms with Crippen molar-refractivity contribution in [3.63, 3.8) is 0 Å². The number of thiophene rings is 5. The zero-order valence-electron chi connectivity index (χ0n) is 75.9. The van der Waals surface area contributed by atoms with Crippen molar-refractivity contribution >= 4 is 210 Å². The summed E-state index contributed by atoms with van der Waals surface area (Å²) in [6.07, 6.45) is 3.39. The Bertz CT molecular complexity index is 6840. The van der Waals surface area contributed by atoms with Crippen molar-refractivity contribution in [3.8, 4) is 55.6 Å². The van der Waals surface area contributed by atoms with Gasteiger partial charge in [0.1, 0.15) is 58.6 Å². The van der Waals surface area contributed by atoms with Gasteiger partial charge in [0.25, 0.3) is 0 Å². The first-order valence-electron chi connectivity index (χ1n) is 43.4. The van der Waals surface area contributed by atoms with Gasteiger partial charge in [-0.1, -0.05) is 311 Å². The van der Waals surface area contributed by atoms with E-state index in [0.29, 0.717) is 93.0 Å². The van der Waals surface area contributed by atoms with Crippen LogP contribution in [0.25, 0.3) is 55.6 Å². The number of hydrogen-bond acceptors (Lipinski definition) is 15. The molecule has 4 atom stereocenters. The van der Waals surface area contributed by atoms with Crippen LogP contribution in [0.4, 0.5) is 29.4 Å². The molecule has 0 saturated carbocycles. The third-order valence-corrected chi connectivity index (χ3v) is 28.3. The highest BCUT2D eigenvalue weighted by molar-refractivity contribution is 7.80. The summed E-state index contributed by atoms with van der Waals surface area (Å²) < 4.78 is 14.2. The van der Waals surface area contributed by atoms with Crippen LogP contribution in [0.1, 0.15) is 145 Å². The summed E-state index contributed by atoms with van der Waals surface area (Å²) in [6, 6.07) is 79.2. The Kier molecular flexibility index (Phi) is 38.9. The first kappa shape index (κ1) is 107. The zero-order valence-corrected chi connectivity index (χ0v) is 84.6. The fourth-order valence-electron chi connectivity index (χ4n) is 14.6. The molecule has 139 heavy (non-hydrogen) atoms. The van der Waals surface area contributed by atoms with Crippen molar-refractivity contribution in [2.75, 3.05) is 26.6 Å². The average Bonchev–Trinajstić information content (AvgIpc) is 1.68. The number of aromatic carboxylic acids is 5. The number of amides is 4. The Labute approximate surface area is 854 Å². The molecule has 15 rings (SSSR count). The molecule has 4 unspecified atom stereocenters. The summed E-state index contributed by atoms with van der Waals surface area (Å²) in [5.41, 5.74) is 12.5. The molecule has 0 saturated heterocycles. The Hall–Kier alpha value is -12.8. The van der Waals surface area contributed by atoms with Crippen molar-refractivity contribution in [2.24, 2.45) is 23.2 Å². The molecule has 19 nitrogen and oxygen atoms in total. The summed E-state index contributed by atoms with van der Waals surface area (Å²) in [6.45, 7) is 13.8. The van der Waals surface area contributed by atoms with Gasteiger partial charge in [0, 0.05) is 116 Å². The molecule has 0 aliphatic heterocycles. The molecule has 0 spiro atoms. The summed E-state index contributed by atoms with van der Waals surface area (Å²) >= 11 is 40.9. The Balaban J connectivity index is 0.000000166. The molecule has 0 aliphatic carbocycles. The first-order chi connectivity index (χ1) is 66.4. The normalized spacial score (nSPS) is 11.7. The second-order valence-corrected chi connectivity index (χ2v) is 40.2. The summed E-state index contributed by atoms with van der Waals surface area (Å²) in [5, 5.41) is 75.7. The predicted octanol–water partition coefficient (Wildman–Crippen LogP) is 30.3. The van der Waals surface area contributed by atoms with Gasteiger partial charge in [-0.15, -0.1) is 56.7 Å². The van der Waals surface area contributed by atoms with Crippen LogP contribution in [0.2, 0.25) is 25.1 Å². The van der Waals surface area contributed by atoms with Gasteiger partial charge < -0.3 is 52.1 Å². The minimum Gasteiger partial charge on any atom is -0.478 e. The van der Waals surface area contributed by atoms with Crippen molar-refractivity contribution in [2.45, 2.75) is 92.9 Å². The van der Waals surface area contributed by atoms with E-state index >= 15 is 0 Å². The quantitative estimate of drug-likeness (QED) is 0.0187. The van der Waals surface area contributed by atoms with Crippen molar-refractivity contribution in [3.05, 3.63) is 380 Å². The smallest absolute Gasteiger partial charge is 0.339 e. The van der Waals surface area contributed by atoms with Gasteiger partial charge in [0.2, 0.25) is 23.6 Å². The maximum atomic E-state index is 14.2. The molecule has 0 aliphatic rings. The van der Waals surface area contributed by atoms with Crippen LogP contribution in [0.5, 0.6) is 0 Å². The van der Waals surface area contributed by atoms with Crippen LogP contribution >= 0.6 is 127 Å². The van der Waals surface area contributed by atoms with Gasteiger partial charge in [0.15, 0.2) is 0 Å². The minimum absolute atomic E-state index is 0.00479. The van der Waals surface area contributed by atoms with Crippen LogP contribution in [0.15, 0.2) is 288 Å². The molecule has 714 valence electrons. The van der Waals surface area contributed by atoms with E-state index in [4.69, 9.17) is 70.2 Å². The van der Waals surface area contributed by atoms with E-state index in [0.717, 1.165) is 68.3 Å². The average molecular weight is 2080 g/mol. The zero-order chi connectivity index (χ0) is 100. The number of carboxylic acids is 5. The Morgan fingerprint density at radius 3 is 1.07 bits per heavy atom. The van der Waals surface area contributed by atoms with Gasteiger partial charge in [-0.25, -0.2) is 28.4 Å². The number of carboxylic acid groups (broad SMARTS) is 5. The van der Waals surface area contributed by atoms with Gasteiger partial charge in [0.05, 0.1) is 4.99 Å². The lowest BCUT2D eigenvalue weighted by molar-refractivity contribution is -0.123. The van der Waals surface area contributed by atoms with Crippen LogP contribution in [-0.4, -0.2) is 84.0 Å². The van der Waals surface area contributed by atoms with Crippen molar-refractivity contribution in [1.82, 2.24) is 0 Å². The van der Waals surface area contributed by atoms with E-state index in [1.807, 2.05) is 186 Å². The van der Waals surface area contributed by atoms with E-state index in [9.17, 15) is 73.1 Å². The lowest BCUT2D eigenvalue weighted by atomic mass is 9.76. The number of carbonyl (C=O) groups is 9. The summed E-state index contributed by atoms with van der Waals surface area (Å²) in [4.78, 5) is 111. The molecule has 0 bridgehead atoms. The SMILES string of the molecule is CC(C(=O)Nc1scc(-c2ccc(Cl)cc2)c1C(=O)O)C(C)c1ccccc1.CC(C)(C)C(Cc1ccccc1)C(=O)Nc1scc(-c2ccc(Cl)cc2)c1C(=O)O.CC(Cc1ccccc1)C(=O)Nc1scc(-c2ccc(Cl)cc2)c1C(=O)O.Cc1cccc(CCC(=S)Nc2scc(-c3ccc(Cl)cc3)c2C(=O)O)c1.O=C(CCc1ccccc1)Nc1scc(-c2ccc(Cl)cc2F)c1C(=O)O. The number of halogens is 6. The highest BCUT2D eigenvalue weighted by atomic mass is 35.5. The van der Waals surface area contributed by atoms with Crippen LogP contribution in [0.3, 0.4) is 0 Å². The minimum atomic E-state index is -1.24. The van der Waals surface area contributed by atoms with E-state index in [-0.39, 0.29) is 108 Å². The third kappa shape index (κ3) is 30.1. The molecule has 0 fully saturated rings. The molecule has 10 aromatic carbocycles. The van der Waals surface area contributed by atoms with Crippen molar-refractivity contribution in [1.29, 1.82) is 0 Å². The second-order valence-electron chi connectivity index (χ2n) is 33.2. The van der Waals surface area contributed by atoms with Gasteiger partial charge in [-0.2, -0.15) is 0 Å². The summed E-state index contributed by atoms with van der Waals surface area (Å²) in [5.74, 6) is -7.87. The Morgan fingerprint density at radius 2 is 0.683 bits per heavy atom. The van der Waals surface area contributed by atoms with Crippen molar-refractivity contribution < 1.29 is 73.1 Å².